The van der Waals surface area contributed by atoms with Crippen molar-refractivity contribution in [2.45, 2.75) is 39.3 Å². The van der Waals surface area contributed by atoms with Crippen molar-refractivity contribution in [2.75, 3.05) is 40.3 Å². The average molecular weight is 486 g/mol. The lowest BCUT2D eigenvalue weighted by atomic mass is 9.93. The Hall–Kier alpha value is -3.10. The summed E-state index contributed by atoms with van der Waals surface area (Å²) in [4.78, 5) is 25.9. The summed E-state index contributed by atoms with van der Waals surface area (Å²) < 4.78 is 10.9. The number of benzene rings is 2. The van der Waals surface area contributed by atoms with E-state index in [2.05, 4.69) is 43.5 Å². The fourth-order valence-corrected chi connectivity index (χ4v) is 3.79. The van der Waals surface area contributed by atoms with Gasteiger partial charge in [0.25, 0.3) is 0 Å². The smallest absolute Gasteiger partial charge is 0.408 e. The van der Waals surface area contributed by atoms with E-state index < -0.39 is 18.1 Å². The van der Waals surface area contributed by atoms with E-state index in [1.807, 2.05) is 54.6 Å². The first-order chi connectivity index (χ1) is 16.6. The predicted molar refractivity (Wildman–Crippen MR) is 137 cm³/mol. The number of hydrogen-bond acceptors (Lipinski definition) is 6. The normalized spacial score (nSPS) is 12.3. The molecule has 1 atom stereocenters. The zero-order valence-electron chi connectivity index (χ0n) is 21.3. The van der Waals surface area contributed by atoms with Gasteiger partial charge in [-0.2, -0.15) is 0 Å². The first kappa shape index (κ1) is 28.1. The van der Waals surface area contributed by atoms with Gasteiger partial charge in [0.2, 0.25) is 0 Å². The van der Waals surface area contributed by atoms with Crippen LogP contribution in [0.2, 0.25) is 0 Å². The van der Waals surface area contributed by atoms with Gasteiger partial charge in [0.05, 0.1) is 6.61 Å². The van der Waals surface area contributed by atoms with Crippen LogP contribution in [0.25, 0.3) is 0 Å². The predicted octanol–water partition coefficient (Wildman–Crippen LogP) is 3.56. The van der Waals surface area contributed by atoms with Gasteiger partial charge in [-0.25, -0.2) is 9.59 Å². The number of aliphatic carboxylic acids is 1. The van der Waals surface area contributed by atoms with Crippen LogP contribution in [0.5, 0.6) is 5.75 Å². The Morgan fingerprint density at radius 1 is 1.03 bits per heavy atom. The fraction of sp³-hybridized carbons (Fsp3) is 0.481. The molecule has 0 aliphatic carbocycles. The zero-order chi connectivity index (χ0) is 25.7. The molecule has 35 heavy (non-hydrogen) atoms. The lowest BCUT2D eigenvalue weighted by Gasteiger charge is -2.28. The molecular formula is C27H39N3O5. The molecule has 8 heteroatoms. The summed E-state index contributed by atoms with van der Waals surface area (Å²) in [6.07, 6.45) is 0.262. The topological polar surface area (TPSA) is 100 Å². The third-order valence-electron chi connectivity index (χ3n) is 5.28. The molecule has 3 N–H and O–H groups in total. The Bertz CT molecular complexity index is 901. The first-order valence-corrected chi connectivity index (χ1v) is 11.9. The van der Waals surface area contributed by atoms with Crippen LogP contribution < -0.4 is 15.4 Å². The lowest BCUT2D eigenvalue weighted by molar-refractivity contribution is -0.139. The van der Waals surface area contributed by atoms with Crippen molar-refractivity contribution in [3.8, 4) is 5.75 Å². The quantitative estimate of drug-likeness (QED) is 0.332. The Morgan fingerprint density at radius 3 is 2.34 bits per heavy atom. The molecule has 0 radical (unpaired) electrons. The highest BCUT2D eigenvalue weighted by molar-refractivity contribution is 5.80. The summed E-state index contributed by atoms with van der Waals surface area (Å²) in [5.41, 5.74) is 1.81. The highest BCUT2D eigenvalue weighted by atomic mass is 16.5. The van der Waals surface area contributed by atoms with E-state index in [-0.39, 0.29) is 18.4 Å². The molecular weight excluding hydrogens is 446 g/mol. The van der Waals surface area contributed by atoms with Gasteiger partial charge in [-0.15, -0.1) is 0 Å². The number of carbonyl (C=O) groups is 2. The van der Waals surface area contributed by atoms with Gasteiger partial charge in [0.1, 0.15) is 18.4 Å². The van der Waals surface area contributed by atoms with Crippen LogP contribution in [0.4, 0.5) is 4.79 Å². The fourth-order valence-electron chi connectivity index (χ4n) is 3.79. The van der Waals surface area contributed by atoms with E-state index >= 15 is 0 Å². The Kier molecular flexibility index (Phi) is 11.5. The van der Waals surface area contributed by atoms with E-state index in [1.165, 1.54) is 0 Å². The van der Waals surface area contributed by atoms with Crippen molar-refractivity contribution in [3.05, 3.63) is 65.7 Å². The maximum Gasteiger partial charge on any atom is 0.408 e. The maximum absolute atomic E-state index is 12.0. The summed E-state index contributed by atoms with van der Waals surface area (Å²) in [5.74, 6) is -0.396. The van der Waals surface area contributed by atoms with Crippen LogP contribution in [-0.2, 0) is 22.6 Å². The van der Waals surface area contributed by atoms with Crippen LogP contribution in [-0.4, -0.2) is 68.4 Å². The van der Waals surface area contributed by atoms with Gasteiger partial charge >= 0.3 is 12.1 Å². The number of nitrogens with zero attached hydrogens (tertiary/aromatic N) is 1. The average Bonchev–Trinajstić information content (AvgIpc) is 2.80. The molecule has 0 heterocycles. The molecule has 0 saturated heterocycles. The minimum Gasteiger partial charge on any atom is -0.494 e. The Labute approximate surface area is 208 Å². The third-order valence-corrected chi connectivity index (χ3v) is 5.28. The minimum absolute atomic E-state index is 0.0778. The Balaban J connectivity index is 1.70. The summed E-state index contributed by atoms with van der Waals surface area (Å²) in [6.45, 7) is 8.00. The van der Waals surface area contributed by atoms with E-state index in [9.17, 15) is 14.7 Å². The van der Waals surface area contributed by atoms with Gasteiger partial charge in [-0.3, -0.25) is 0 Å². The van der Waals surface area contributed by atoms with Crippen LogP contribution >= 0.6 is 0 Å². The van der Waals surface area contributed by atoms with Gasteiger partial charge in [0.15, 0.2) is 0 Å². The molecule has 1 amide bonds. The molecule has 2 rings (SSSR count). The molecule has 0 fully saturated rings. The number of hydrogen-bond donors (Lipinski definition) is 3. The molecule has 0 spiro atoms. The maximum atomic E-state index is 12.0. The standard InChI is InChI=1S/C27H39N3O5/c1-27(2,20-30(3)4)19-28-15-8-16-34-23-13-11-21(12-14-23)17-24(25(31)32)29-26(33)35-18-22-9-6-5-7-10-22/h5-7,9-14,24,28H,8,15-20H2,1-4H3,(H,29,33)(H,31,32)/t24-/m0/s1. The molecule has 2 aromatic carbocycles. The SMILES string of the molecule is CN(C)CC(C)(C)CNCCCOc1ccc(C[C@H](NC(=O)OCc2ccccc2)C(=O)O)cc1. The van der Waals surface area contributed by atoms with Crippen molar-refractivity contribution in [3.63, 3.8) is 0 Å². The summed E-state index contributed by atoms with van der Waals surface area (Å²) in [7, 11) is 4.17. The van der Waals surface area contributed by atoms with Crippen LogP contribution in [0.1, 0.15) is 31.4 Å². The third kappa shape index (κ3) is 11.7. The van der Waals surface area contributed by atoms with Crippen molar-refractivity contribution in [1.29, 1.82) is 0 Å². The number of rotatable bonds is 15. The van der Waals surface area contributed by atoms with Crippen molar-refractivity contribution in [2.24, 2.45) is 5.41 Å². The molecule has 0 bridgehead atoms. The van der Waals surface area contributed by atoms with E-state index in [1.54, 1.807) is 0 Å². The van der Waals surface area contributed by atoms with Gasteiger partial charge < -0.3 is 30.1 Å². The molecule has 8 nitrogen and oxygen atoms in total. The van der Waals surface area contributed by atoms with E-state index in [0.717, 1.165) is 42.9 Å². The monoisotopic (exact) mass is 485 g/mol. The second kappa shape index (κ2) is 14.3. The molecule has 0 aliphatic heterocycles. The second-order valence-corrected chi connectivity index (χ2v) is 9.73. The number of amides is 1. The number of alkyl carbamates (subject to hydrolysis) is 1. The van der Waals surface area contributed by atoms with Crippen LogP contribution in [0.3, 0.4) is 0 Å². The Morgan fingerprint density at radius 2 is 1.71 bits per heavy atom. The lowest BCUT2D eigenvalue weighted by Crippen LogP contribution is -2.42. The van der Waals surface area contributed by atoms with Crippen LogP contribution in [0, 0.1) is 5.41 Å². The number of nitrogens with one attached hydrogen (secondary N) is 2. The summed E-state index contributed by atoms with van der Waals surface area (Å²) in [6, 6.07) is 15.4. The van der Waals surface area contributed by atoms with Gasteiger partial charge in [-0.1, -0.05) is 56.3 Å². The van der Waals surface area contributed by atoms with Gasteiger partial charge in [-0.05, 0) is 55.7 Å². The molecule has 0 aliphatic rings. The number of carboxylic acids is 1. The molecule has 0 unspecified atom stereocenters. The van der Waals surface area contributed by atoms with Crippen molar-refractivity contribution < 1.29 is 24.2 Å². The minimum atomic E-state index is -1.12. The molecule has 2 aromatic rings. The van der Waals surface area contributed by atoms with Crippen molar-refractivity contribution in [1.82, 2.24) is 15.5 Å². The molecule has 192 valence electrons. The van der Waals surface area contributed by atoms with E-state index in [0.29, 0.717) is 6.61 Å². The second-order valence-electron chi connectivity index (χ2n) is 9.73. The summed E-state index contributed by atoms with van der Waals surface area (Å²) >= 11 is 0. The van der Waals surface area contributed by atoms with Gasteiger partial charge in [0, 0.05) is 19.5 Å². The zero-order valence-corrected chi connectivity index (χ0v) is 21.3. The number of carboxylic acid groups (broad SMARTS) is 1. The largest absolute Gasteiger partial charge is 0.494 e. The number of carbonyl (C=O) groups excluding carboxylic acids is 1. The number of ether oxygens (including phenoxy) is 2. The summed E-state index contributed by atoms with van der Waals surface area (Å²) in [5, 5.41) is 15.4. The highest BCUT2D eigenvalue weighted by Crippen LogP contribution is 2.15. The van der Waals surface area contributed by atoms with Crippen molar-refractivity contribution >= 4 is 12.1 Å². The first-order valence-electron chi connectivity index (χ1n) is 11.9. The highest BCUT2D eigenvalue weighted by Gasteiger charge is 2.21. The van der Waals surface area contributed by atoms with E-state index in [4.69, 9.17) is 9.47 Å². The molecule has 0 saturated carbocycles. The van der Waals surface area contributed by atoms with Crippen LogP contribution in [0.15, 0.2) is 54.6 Å². The molecule has 0 aromatic heterocycles.